The van der Waals surface area contributed by atoms with Gasteiger partial charge in [0.15, 0.2) is 0 Å². The normalized spacial score (nSPS) is 10.6. The Morgan fingerprint density at radius 1 is 0.852 bits per heavy atom. The van der Waals surface area contributed by atoms with Gasteiger partial charge in [-0.1, -0.05) is 12.1 Å². The Morgan fingerprint density at radius 3 is 2.00 bits per heavy atom. The van der Waals surface area contributed by atoms with Crippen LogP contribution in [0, 0.1) is 5.82 Å². The van der Waals surface area contributed by atoms with Crippen LogP contribution in [0.2, 0.25) is 0 Å². The predicted molar refractivity (Wildman–Crippen MR) is 104 cm³/mol. The molecule has 0 aromatic heterocycles. The fraction of sp³-hybridized carbons (Fsp3) is 0.0455. The number of amides is 1. The van der Waals surface area contributed by atoms with Crippen molar-refractivity contribution >= 4 is 17.7 Å². The summed E-state index contributed by atoms with van der Waals surface area (Å²) in [5, 5.41) is 2.76. The molecule has 0 fully saturated rings. The van der Waals surface area contributed by atoms with Gasteiger partial charge in [-0.15, -0.1) is 0 Å². The van der Waals surface area contributed by atoms with Crippen molar-refractivity contribution in [3.05, 3.63) is 90.3 Å². The van der Waals surface area contributed by atoms with Gasteiger partial charge in [-0.2, -0.15) is 0 Å². The number of rotatable bonds is 6. The van der Waals surface area contributed by atoms with Gasteiger partial charge in [0, 0.05) is 11.8 Å². The number of hydrogen-bond acceptors (Lipinski definition) is 3. The molecular weight excluding hydrogens is 345 g/mol. The molecule has 0 heterocycles. The molecular formula is C22H18FNO3. The van der Waals surface area contributed by atoms with E-state index in [0.717, 1.165) is 11.3 Å². The lowest BCUT2D eigenvalue weighted by molar-refractivity contribution is -0.111. The largest absolute Gasteiger partial charge is 0.497 e. The Labute approximate surface area is 156 Å². The summed E-state index contributed by atoms with van der Waals surface area (Å²) in [6.45, 7) is 0. The summed E-state index contributed by atoms with van der Waals surface area (Å²) in [5.41, 5.74) is 1.39. The van der Waals surface area contributed by atoms with Gasteiger partial charge in [-0.3, -0.25) is 4.79 Å². The van der Waals surface area contributed by atoms with Crippen LogP contribution in [-0.4, -0.2) is 13.0 Å². The maximum absolute atomic E-state index is 12.9. The highest BCUT2D eigenvalue weighted by atomic mass is 19.1. The molecule has 3 aromatic rings. The van der Waals surface area contributed by atoms with Gasteiger partial charge in [0.05, 0.1) is 7.11 Å². The summed E-state index contributed by atoms with van der Waals surface area (Å²) in [4.78, 5) is 12.0. The zero-order chi connectivity index (χ0) is 19.1. The molecule has 0 aliphatic rings. The van der Waals surface area contributed by atoms with Crippen LogP contribution in [0.5, 0.6) is 17.2 Å². The molecule has 0 saturated carbocycles. The second-order valence-electron chi connectivity index (χ2n) is 5.68. The van der Waals surface area contributed by atoms with E-state index in [1.807, 2.05) is 24.3 Å². The molecule has 4 nitrogen and oxygen atoms in total. The van der Waals surface area contributed by atoms with Crippen LogP contribution in [0.25, 0.3) is 6.08 Å². The number of ether oxygens (including phenoxy) is 2. The van der Waals surface area contributed by atoms with Crippen LogP contribution in [0.4, 0.5) is 10.1 Å². The van der Waals surface area contributed by atoms with Gasteiger partial charge in [0.25, 0.3) is 0 Å². The van der Waals surface area contributed by atoms with Gasteiger partial charge in [-0.25, -0.2) is 4.39 Å². The number of hydrogen-bond donors (Lipinski definition) is 1. The molecule has 3 aromatic carbocycles. The van der Waals surface area contributed by atoms with Crippen molar-refractivity contribution in [1.29, 1.82) is 0 Å². The first kappa shape index (κ1) is 18.2. The number of halogens is 1. The van der Waals surface area contributed by atoms with E-state index < -0.39 is 0 Å². The number of carbonyl (C=O) groups is 1. The van der Waals surface area contributed by atoms with Gasteiger partial charge < -0.3 is 14.8 Å². The summed E-state index contributed by atoms with van der Waals surface area (Å²) in [5.74, 6) is 1.51. The fourth-order valence-corrected chi connectivity index (χ4v) is 2.32. The highest BCUT2D eigenvalue weighted by molar-refractivity contribution is 6.01. The van der Waals surface area contributed by atoms with Crippen LogP contribution in [-0.2, 0) is 4.79 Å². The minimum atomic E-state index is -0.312. The summed E-state index contributed by atoms with van der Waals surface area (Å²) in [6, 6.07) is 20.2. The van der Waals surface area contributed by atoms with Crippen LogP contribution < -0.4 is 14.8 Å². The van der Waals surface area contributed by atoms with Crippen molar-refractivity contribution in [2.45, 2.75) is 0 Å². The minimum absolute atomic E-state index is 0.275. The molecule has 0 radical (unpaired) electrons. The Kier molecular flexibility index (Phi) is 5.84. The highest BCUT2D eigenvalue weighted by Crippen LogP contribution is 2.25. The topological polar surface area (TPSA) is 47.6 Å². The quantitative estimate of drug-likeness (QED) is 0.606. The van der Waals surface area contributed by atoms with Crippen LogP contribution >= 0.6 is 0 Å². The third-order valence-corrected chi connectivity index (χ3v) is 3.71. The van der Waals surface area contributed by atoms with E-state index in [4.69, 9.17) is 9.47 Å². The van der Waals surface area contributed by atoms with E-state index in [0.29, 0.717) is 17.2 Å². The minimum Gasteiger partial charge on any atom is -0.497 e. The number of carbonyl (C=O) groups excluding carboxylic acids is 1. The smallest absolute Gasteiger partial charge is 0.248 e. The van der Waals surface area contributed by atoms with E-state index in [-0.39, 0.29) is 11.7 Å². The maximum Gasteiger partial charge on any atom is 0.248 e. The lowest BCUT2D eigenvalue weighted by Gasteiger charge is -2.08. The molecule has 3 rings (SSSR count). The van der Waals surface area contributed by atoms with Crippen molar-refractivity contribution in [1.82, 2.24) is 0 Å². The van der Waals surface area contributed by atoms with Gasteiger partial charge in [-0.05, 0) is 72.3 Å². The SMILES string of the molecule is COc1ccc(Oc2ccc(NC(=O)/C=C/c3ccc(F)cc3)cc2)cc1. The molecule has 0 aliphatic heterocycles. The van der Waals surface area contributed by atoms with Gasteiger partial charge in [0.2, 0.25) is 5.91 Å². The summed E-state index contributed by atoms with van der Waals surface area (Å²) < 4.78 is 23.7. The van der Waals surface area contributed by atoms with Gasteiger partial charge >= 0.3 is 0 Å². The number of anilines is 1. The number of benzene rings is 3. The van der Waals surface area contributed by atoms with Crippen LogP contribution in [0.3, 0.4) is 0 Å². The van der Waals surface area contributed by atoms with Crippen molar-refractivity contribution in [2.24, 2.45) is 0 Å². The summed E-state index contributed by atoms with van der Waals surface area (Å²) >= 11 is 0. The summed E-state index contributed by atoms with van der Waals surface area (Å²) in [6.07, 6.45) is 3.02. The maximum atomic E-state index is 12.9. The van der Waals surface area contributed by atoms with Crippen molar-refractivity contribution in [3.8, 4) is 17.2 Å². The molecule has 27 heavy (non-hydrogen) atoms. The van der Waals surface area contributed by atoms with Crippen LogP contribution in [0.1, 0.15) is 5.56 Å². The van der Waals surface area contributed by atoms with Crippen molar-refractivity contribution in [2.75, 3.05) is 12.4 Å². The lowest BCUT2D eigenvalue weighted by Crippen LogP contribution is -2.07. The van der Waals surface area contributed by atoms with Crippen LogP contribution in [0.15, 0.2) is 78.9 Å². The predicted octanol–water partition coefficient (Wildman–Crippen LogP) is 5.28. The molecule has 1 amide bonds. The number of nitrogens with one attached hydrogen (secondary N) is 1. The standard InChI is InChI=1S/C22H18FNO3/c1-26-19-11-13-21(14-12-19)27-20-9-7-18(8-10-20)24-22(25)15-4-16-2-5-17(23)6-3-16/h2-15H,1H3,(H,24,25)/b15-4+. The first-order chi connectivity index (χ1) is 13.1. The zero-order valence-corrected chi connectivity index (χ0v) is 14.7. The zero-order valence-electron chi connectivity index (χ0n) is 14.7. The molecule has 0 bridgehead atoms. The molecule has 0 spiro atoms. The first-order valence-electron chi connectivity index (χ1n) is 8.29. The van der Waals surface area contributed by atoms with E-state index in [9.17, 15) is 9.18 Å². The second kappa shape index (κ2) is 8.67. The average Bonchev–Trinajstić information content (AvgIpc) is 2.70. The average molecular weight is 363 g/mol. The van der Waals surface area contributed by atoms with E-state index in [2.05, 4.69) is 5.32 Å². The Bertz CT molecular complexity index is 917. The molecule has 0 atom stereocenters. The third-order valence-electron chi connectivity index (χ3n) is 3.71. The second-order valence-corrected chi connectivity index (χ2v) is 5.68. The first-order valence-corrected chi connectivity index (χ1v) is 8.29. The highest BCUT2D eigenvalue weighted by Gasteiger charge is 2.01. The lowest BCUT2D eigenvalue weighted by atomic mass is 10.2. The molecule has 0 unspecified atom stereocenters. The Morgan fingerprint density at radius 2 is 1.41 bits per heavy atom. The molecule has 5 heteroatoms. The van der Waals surface area contributed by atoms with Gasteiger partial charge in [0.1, 0.15) is 23.1 Å². The molecule has 1 N–H and O–H groups in total. The number of methoxy groups -OCH3 is 1. The van der Waals surface area contributed by atoms with Crippen molar-refractivity contribution < 1.29 is 18.7 Å². The Balaban J connectivity index is 1.56. The molecule has 0 saturated heterocycles. The molecule has 0 aliphatic carbocycles. The van der Waals surface area contributed by atoms with E-state index >= 15 is 0 Å². The summed E-state index contributed by atoms with van der Waals surface area (Å²) in [7, 11) is 1.61. The monoisotopic (exact) mass is 363 g/mol. The third kappa shape index (κ3) is 5.44. The Hall–Kier alpha value is -3.60. The van der Waals surface area contributed by atoms with E-state index in [1.165, 1.54) is 18.2 Å². The molecule has 136 valence electrons. The van der Waals surface area contributed by atoms with E-state index in [1.54, 1.807) is 49.6 Å². The van der Waals surface area contributed by atoms with Crippen molar-refractivity contribution in [3.63, 3.8) is 0 Å². The fourth-order valence-electron chi connectivity index (χ4n) is 2.32.